The van der Waals surface area contributed by atoms with Gasteiger partial charge in [0.25, 0.3) is 0 Å². The summed E-state index contributed by atoms with van der Waals surface area (Å²) in [5, 5.41) is 6.15. The van der Waals surface area contributed by atoms with Gasteiger partial charge in [-0.2, -0.15) is 4.31 Å². The highest BCUT2D eigenvalue weighted by molar-refractivity contribution is 7.89. The molecule has 134 valence electrons. The van der Waals surface area contributed by atoms with Gasteiger partial charge in [-0.05, 0) is 44.0 Å². The van der Waals surface area contributed by atoms with Crippen LogP contribution in [-0.4, -0.2) is 44.3 Å². The van der Waals surface area contributed by atoms with Crippen LogP contribution in [0, 0.1) is 0 Å². The Bertz CT molecular complexity index is 648. The van der Waals surface area contributed by atoms with Crippen LogP contribution < -0.4 is 10.6 Å². The van der Waals surface area contributed by atoms with Crippen molar-refractivity contribution in [2.24, 2.45) is 0 Å². The number of nitrogens with one attached hydrogen (secondary N) is 2. The van der Waals surface area contributed by atoms with Gasteiger partial charge < -0.3 is 10.6 Å². The molecular weight excluding hydrogens is 326 g/mol. The molecule has 0 radical (unpaired) electrons. The van der Waals surface area contributed by atoms with E-state index in [9.17, 15) is 13.2 Å². The molecule has 0 aromatic heterocycles. The number of carbonyl (C=O) groups is 1. The predicted molar refractivity (Wildman–Crippen MR) is 94.1 cm³/mol. The Hall–Kier alpha value is -1.44. The quantitative estimate of drug-likeness (QED) is 0.781. The molecule has 7 heteroatoms. The Morgan fingerprint density at radius 1 is 1.29 bits per heavy atom. The van der Waals surface area contributed by atoms with Gasteiger partial charge in [0.15, 0.2) is 0 Å². The number of carbonyl (C=O) groups excluding carboxylic acids is 1. The summed E-state index contributed by atoms with van der Waals surface area (Å²) in [6, 6.07) is 6.48. The molecule has 2 N–H and O–H groups in total. The fourth-order valence-corrected chi connectivity index (χ4v) is 4.40. The highest BCUT2D eigenvalue weighted by Crippen LogP contribution is 2.20. The second kappa shape index (κ2) is 8.09. The van der Waals surface area contributed by atoms with Crippen LogP contribution in [0.5, 0.6) is 0 Å². The Kier molecular flexibility index (Phi) is 6.37. The van der Waals surface area contributed by atoms with Gasteiger partial charge in [0.2, 0.25) is 15.9 Å². The molecule has 1 amide bonds. The minimum Gasteiger partial charge on any atom is -0.348 e. The lowest BCUT2D eigenvalue weighted by Crippen LogP contribution is -2.41. The molecule has 2 atom stereocenters. The lowest BCUT2D eigenvalue weighted by Gasteiger charge is -2.20. The molecule has 0 spiro atoms. The number of hydrogen-bond acceptors (Lipinski definition) is 4. The van der Waals surface area contributed by atoms with Gasteiger partial charge in [-0.25, -0.2) is 8.42 Å². The van der Waals surface area contributed by atoms with E-state index < -0.39 is 10.0 Å². The smallest absolute Gasteiger partial charge is 0.243 e. The highest BCUT2D eigenvalue weighted by atomic mass is 32.2. The van der Waals surface area contributed by atoms with E-state index in [1.165, 1.54) is 4.31 Å². The van der Waals surface area contributed by atoms with E-state index in [0.29, 0.717) is 13.1 Å². The number of benzene rings is 1. The van der Waals surface area contributed by atoms with Gasteiger partial charge in [-0.3, -0.25) is 4.79 Å². The van der Waals surface area contributed by atoms with Crippen LogP contribution in [0.3, 0.4) is 0 Å². The van der Waals surface area contributed by atoms with Gasteiger partial charge in [-0.1, -0.05) is 26.0 Å². The number of nitrogens with zero attached hydrogens (tertiary/aromatic N) is 1. The van der Waals surface area contributed by atoms with Gasteiger partial charge >= 0.3 is 0 Å². The number of hydrogen-bond donors (Lipinski definition) is 2. The lowest BCUT2D eigenvalue weighted by atomic mass is 10.1. The largest absolute Gasteiger partial charge is 0.348 e. The Morgan fingerprint density at radius 2 is 1.92 bits per heavy atom. The highest BCUT2D eigenvalue weighted by Gasteiger charge is 2.24. The second-order valence-corrected chi connectivity index (χ2v) is 7.98. The lowest BCUT2D eigenvalue weighted by molar-refractivity contribution is -0.123. The third-order valence-electron chi connectivity index (χ3n) is 4.46. The third-order valence-corrected chi connectivity index (χ3v) is 6.52. The zero-order chi connectivity index (χ0) is 17.7. The van der Waals surface area contributed by atoms with Crippen LogP contribution in [0.4, 0.5) is 0 Å². The molecular formula is C17H27N3O3S. The summed E-state index contributed by atoms with van der Waals surface area (Å²) in [6.45, 7) is 7.32. The van der Waals surface area contributed by atoms with Crippen molar-refractivity contribution in [2.75, 3.05) is 19.6 Å². The summed E-state index contributed by atoms with van der Waals surface area (Å²) in [7, 11) is -3.44. The Morgan fingerprint density at radius 3 is 2.42 bits per heavy atom. The first-order chi connectivity index (χ1) is 11.4. The van der Waals surface area contributed by atoms with Crippen LogP contribution in [-0.2, 0) is 14.8 Å². The predicted octanol–water partition coefficient (Wildman–Crippen LogP) is 1.65. The van der Waals surface area contributed by atoms with E-state index in [-0.39, 0.29) is 22.9 Å². The van der Waals surface area contributed by atoms with Crippen LogP contribution in [0.2, 0.25) is 0 Å². The molecule has 1 fully saturated rings. The topological polar surface area (TPSA) is 78.5 Å². The van der Waals surface area contributed by atoms with Crippen LogP contribution >= 0.6 is 0 Å². The first kappa shape index (κ1) is 18.9. The molecule has 1 aromatic carbocycles. The molecule has 1 heterocycles. The zero-order valence-corrected chi connectivity index (χ0v) is 15.4. The van der Waals surface area contributed by atoms with Crippen molar-refractivity contribution in [3.05, 3.63) is 29.8 Å². The maximum absolute atomic E-state index is 12.5. The molecule has 2 unspecified atom stereocenters. The van der Waals surface area contributed by atoms with E-state index in [2.05, 4.69) is 10.6 Å². The molecule has 24 heavy (non-hydrogen) atoms. The van der Waals surface area contributed by atoms with Gasteiger partial charge in [-0.15, -0.1) is 0 Å². The molecule has 0 bridgehead atoms. The zero-order valence-electron chi connectivity index (χ0n) is 14.6. The monoisotopic (exact) mass is 353 g/mol. The van der Waals surface area contributed by atoms with E-state index in [4.69, 9.17) is 0 Å². The van der Waals surface area contributed by atoms with Gasteiger partial charge in [0, 0.05) is 13.1 Å². The molecule has 0 saturated carbocycles. The van der Waals surface area contributed by atoms with Crippen molar-refractivity contribution in [2.45, 2.75) is 50.6 Å². The standard InChI is InChI=1S/C17H27N3O3S/c1-4-20(5-2)24(22,23)15-10-8-14(9-11-15)13(3)19-17(21)16-7-6-12-18-16/h8-11,13,16,18H,4-7,12H2,1-3H3,(H,19,21). The summed E-state index contributed by atoms with van der Waals surface area (Å²) >= 11 is 0. The normalized spacial score (nSPS) is 19.4. The van der Waals surface area contributed by atoms with E-state index >= 15 is 0 Å². The third kappa shape index (κ3) is 4.15. The van der Waals surface area contributed by atoms with Gasteiger partial charge in [0.1, 0.15) is 0 Å². The Balaban J connectivity index is 2.07. The first-order valence-corrected chi connectivity index (χ1v) is 9.98. The fraction of sp³-hybridized carbons (Fsp3) is 0.588. The maximum Gasteiger partial charge on any atom is 0.243 e. The van der Waals surface area contributed by atoms with E-state index in [0.717, 1.165) is 24.9 Å². The number of amides is 1. The Labute approximate surface area is 144 Å². The molecule has 1 aliphatic heterocycles. The fourth-order valence-electron chi connectivity index (χ4n) is 2.95. The minimum atomic E-state index is -3.44. The van der Waals surface area contributed by atoms with Crippen molar-refractivity contribution in [1.29, 1.82) is 0 Å². The number of sulfonamides is 1. The van der Waals surface area contributed by atoms with Crippen molar-refractivity contribution in [1.82, 2.24) is 14.9 Å². The molecule has 2 rings (SSSR count). The average Bonchev–Trinajstić information content (AvgIpc) is 3.10. The van der Waals surface area contributed by atoms with E-state index in [1.807, 2.05) is 20.8 Å². The number of rotatable bonds is 7. The summed E-state index contributed by atoms with van der Waals surface area (Å²) in [5.74, 6) is -0.000149. The summed E-state index contributed by atoms with van der Waals surface area (Å²) in [5.41, 5.74) is 0.889. The van der Waals surface area contributed by atoms with Crippen LogP contribution in [0.1, 0.15) is 45.2 Å². The first-order valence-electron chi connectivity index (χ1n) is 8.54. The SMILES string of the molecule is CCN(CC)S(=O)(=O)c1ccc(C(C)NC(=O)C2CCCN2)cc1. The van der Waals surface area contributed by atoms with Crippen molar-refractivity contribution in [3.63, 3.8) is 0 Å². The van der Waals surface area contributed by atoms with E-state index in [1.54, 1.807) is 24.3 Å². The van der Waals surface area contributed by atoms with Crippen molar-refractivity contribution >= 4 is 15.9 Å². The summed E-state index contributed by atoms with van der Waals surface area (Å²) in [4.78, 5) is 12.4. The minimum absolute atomic E-state index is 0.000149. The molecule has 1 saturated heterocycles. The van der Waals surface area contributed by atoms with Crippen LogP contribution in [0.25, 0.3) is 0 Å². The molecule has 1 aromatic rings. The van der Waals surface area contributed by atoms with Crippen molar-refractivity contribution in [3.8, 4) is 0 Å². The average molecular weight is 353 g/mol. The molecule has 0 aliphatic carbocycles. The van der Waals surface area contributed by atoms with Gasteiger partial charge in [0.05, 0.1) is 17.0 Å². The summed E-state index contributed by atoms with van der Waals surface area (Å²) < 4.78 is 26.4. The van der Waals surface area contributed by atoms with Crippen LogP contribution in [0.15, 0.2) is 29.2 Å². The van der Waals surface area contributed by atoms with Crippen molar-refractivity contribution < 1.29 is 13.2 Å². The molecule has 6 nitrogen and oxygen atoms in total. The second-order valence-electron chi connectivity index (χ2n) is 6.04. The summed E-state index contributed by atoms with van der Waals surface area (Å²) in [6.07, 6.45) is 1.88. The molecule has 1 aliphatic rings. The maximum atomic E-state index is 12.5.